The van der Waals surface area contributed by atoms with Crippen molar-refractivity contribution in [3.63, 3.8) is 0 Å². The zero-order valence-corrected chi connectivity index (χ0v) is 16.7. The smallest absolute Gasteiger partial charge is 0.408 e. The van der Waals surface area contributed by atoms with Gasteiger partial charge in [-0.25, -0.2) is 4.79 Å². The predicted octanol–water partition coefficient (Wildman–Crippen LogP) is 1.70. The molecular formula is C20H29N3O5. The number of alkyl carbamates (subject to hydrolysis) is 1. The fourth-order valence-electron chi connectivity index (χ4n) is 2.77. The van der Waals surface area contributed by atoms with Gasteiger partial charge in [-0.2, -0.15) is 0 Å². The number of rotatable bonds is 6. The summed E-state index contributed by atoms with van der Waals surface area (Å²) in [5.41, 5.74) is -0.607. The second-order valence-corrected chi connectivity index (χ2v) is 7.68. The highest BCUT2D eigenvalue weighted by Gasteiger charge is 2.24. The average molecular weight is 391 g/mol. The molecule has 0 bridgehead atoms. The Balaban J connectivity index is 1.64. The Morgan fingerprint density at radius 2 is 1.75 bits per heavy atom. The van der Waals surface area contributed by atoms with Crippen molar-refractivity contribution in [2.75, 3.05) is 26.2 Å². The molecule has 0 radical (unpaired) electrons. The number of likely N-dealkylation sites (tertiary alicyclic amines) is 1. The molecule has 3 amide bonds. The summed E-state index contributed by atoms with van der Waals surface area (Å²) in [6, 6.07) is 9.18. The molecule has 8 heteroatoms. The normalized spacial score (nSPS) is 14.9. The van der Waals surface area contributed by atoms with Gasteiger partial charge in [0.2, 0.25) is 5.91 Å². The van der Waals surface area contributed by atoms with Crippen molar-refractivity contribution in [3.05, 3.63) is 30.3 Å². The molecule has 1 fully saturated rings. The van der Waals surface area contributed by atoms with Gasteiger partial charge in [0.25, 0.3) is 5.91 Å². The van der Waals surface area contributed by atoms with E-state index in [-0.39, 0.29) is 31.0 Å². The fourth-order valence-corrected chi connectivity index (χ4v) is 2.77. The van der Waals surface area contributed by atoms with E-state index in [1.807, 2.05) is 18.2 Å². The summed E-state index contributed by atoms with van der Waals surface area (Å²) in [5.74, 6) is 0.318. The average Bonchev–Trinajstić information content (AvgIpc) is 2.64. The number of ether oxygens (including phenoxy) is 2. The topological polar surface area (TPSA) is 97.0 Å². The SMILES string of the molecule is CC(C)(C)OC(=O)NCC(=O)NC1CCN(C(=O)COc2ccccc2)CC1. The number of benzene rings is 1. The molecule has 154 valence electrons. The molecule has 1 aromatic carbocycles. The molecule has 0 unspecified atom stereocenters. The van der Waals surface area contributed by atoms with Crippen LogP contribution in [0.15, 0.2) is 30.3 Å². The third-order valence-corrected chi connectivity index (χ3v) is 4.11. The van der Waals surface area contributed by atoms with Crippen molar-refractivity contribution < 1.29 is 23.9 Å². The molecule has 0 spiro atoms. The van der Waals surface area contributed by atoms with Crippen molar-refractivity contribution in [1.29, 1.82) is 0 Å². The van der Waals surface area contributed by atoms with E-state index >= 15 is 0 Å². The largest absolute Gasteiger partial charge is 0.484 e. The van der Waals surface area contributed by atoms with Gasteiger partial charge in [-0.3, -0.25) is 9.59 Å². The zero-order valence-electron chi connectivity index (χ0n) is 16.7. The van der Waals surface area contributed by atoms with E-state index in [1.54, 1.807) is 37.8 Å². The van der Waals surface area contributed by atoms with Gasteiger partial charge in [0, 0.05) is 19.1 Å². The summed E-state index contributed by atoms with van der Waals surface area (Å²) in [6.07, 6.45) is 0.700. The standard InChI is InChI=1S/C20H29N3O5/c1-20(2,3)28-19(26)21-13-17(24)22-15-9-11-23(12-10-15)18(25)14-27-16-7-5-4-6-8-16/h4-8,15H,9-14H2,1-3H3,(H,21,26)(H,22,24). The number of piperidine rings is 1. The summed E-state index contributed by atoms with van der Waals surface area (Å²) in [5, 5.41) is 5.31. The monoisotopic (exact) mass is 391 g/mol. The Hall–Kier alpha value is -2.77. The number of hydrogen-bond donors (Lipinski definition) is 2. The predicted molar refractivity (Wildman–Crippen MR) is 104 cm³/mol. The number of carbonyl (C=O) groups excluding carboxylic acids is 3. The van der Waals surface area contributed by atoms with E-state index in [2.05, 4.69) is 10.6 Å². The van der Waals surface area contributed by atoms with E-state index in [9.17, 15) is 14.4 Å². The highest BCUT2D eigenvalue weighted by Crippen LogP contribution is 2.12. The molecular weight excluding hydrogens is 362 g/mol. The summed E-state index contributed by atoms with van der Waals surface area (Å²) in [4.78, 5) is 37.5. The van der Waals surface area contributed by atoms with Crippen LogP contribution in [0.4, 0.5) is 4.79 Å². The number of carbonyl (C=O) groups is 3. The van der Waals surface area contributed by atoms with Crippen LogP contribution in [-0.4, -0.2) is 60.7 Å². The molecule has 1 heterocycles. The van der Waals surface area contributed by atoms with Crippen LogP contribution < -0.4 is 15.4 Å². The van der Waals surface area contributed by atoms with Gasteiger partial charge in [-0.15, -0.1) is 0 Å². The second kappa shape index (κ2) is 9.96. The van der Waals surface area contributed by atoms with Gasteiger partial charge >= 0.3 is 6.09 Å². The first-order chi connectivity index (χ1) is 13.2. The highest BCUT2D eigenvalue weighted by molar-refractivity contribution is 5.82. The van der Waals surface area contributed by atoms with Crippen molar-refractivity contribution >= 4 is 17.9 Å². The Bertz CT molecular complexity index is 664. The van der Waals surface area contributed by atoms with E-state index in [1.165, 1.54) is 0 Å². The number of nitrogens with zero attached hydrogens (tertiary/aromatic N) is 1. The lowest BCUT2D eigenvalue weighted by atomic mass is 10.0. The van der Waals surface area contributed by atoms with E-state index in [4.69, 9.17) is 9.47 Å². The molecule has 8 nitrogen and oxygen atoms in total. The summed E-state index contributed by atoms with van der Waals surface area (Å²) in [7, 11) is 0. The Kier molecular flexibility index (Phi) is 7.66. The first kappa shape index (κ1) is 21.5. The molecule has 28 heavy (non-hydrogen) atoms. The first-order valence-corrected chi connectivity index (χ1v) is 9.45. The third kappa shape index (κ3) is 7.85. The van der Waals surface area contributed by atoms with Crippen molar-refractivity contribution in [2.45, 2.75) is 45.3 Å². The number of amides is 3. The molecule has 2 N–H and O–H groups in total. The Morgan fingerprint density at radius 1 is 1.11 bits per heavy atom. The highest BCUT2D eigenvalue weighted by atomic mass is 16.6. The van der Waals surface area contributed by atoms with Crippen molar-refractivity contribution in [2.24, 2.45) is 0 Å². The van der Waals surface area contributed by atoms with Crippen LogP contribution in [-0.2, 0) is 14.3 Å². The van der Waals surface area contributed by atoms with Crippen LogP contribution in [0.1, 0.15) is 33.6 Å². The molecule has 0 saturated carbocycles. The Labute approximate surface area is 165 Å². The maximum atomic E-state index is 12.2. The lowest BCUT2D eigenvalue weighted by Crippen LogP contribution is -2.49. The van der Waals surface area contributed by atoms with Crippen LogP contribution >= 0.6 is 0 Å². The summed E-state index contributed by atoms with van der Waals surface area (Å²) < 4.78 is 10.6. The summed E-state index contributed by atoms with van der Waals surface area (Å²) >= 11 is 0. The van der Waals surface area contributed by atoms with Gasteiger partial charge in [-0.1, -0.05) is 18.2 Å². The lowest BCUT2D eigenvalue weighted by molar-refractivity contribution is -0.134. The number of nitrogens with one attached hydrogen (secondary N) is 2. The van der Waals surface area contributed by atoms with E-state index in [0.717, 1.165) is 0 Å². The van der Waals surface area contributed by atoms with Crippen LogP contribution in [0.3, 0.4) is 0 Å². The zero-order chi connectivity index (χ0) is 20.6. The maximum absolute atomic E-state index is 12.2. The van der Waals surface area contributed by atoms with Crippen LogP contribution in [0.5, 0.6) is 5.75 Å². The van der Waals surface area contributed by atoms with Crippen LogP contribution in [0.2, 0.25) is 0 Å². The van der Waals surface area contributed by atoms with E-state index in [0.29, 0.717) is 31.7 Å². The van der Waals surface area contributed by atoms with Gasteiger partial charge in [0.1, 0.15) is 17.9 Å². The second-order valence-electron chi connectivity index (χ2n) is 7.68. The molecule has 0 atom stereocenters. The molecule has 0 aromatic heterocycles. The lowest BCUT2D eigenvalue weighted by Gasteiger charge is -2.32. The maximum Gasteiger partial charge on any atom is 0.408 e. The van der Waals surface area contributed by atoms with Gasteiger partial charge < -0.3 is 25.0 Å². The van der Waals surface area contributed by atoms with Crippen LogP contribution in [0.25, 0.3) is 0 Å². The summed E-state index contributed by atoms with van der Waals surface area (Å²) in [6.45, 7) is 6.24. The van der Waals surface area contributed by atoms with Gasteiger partial charge in [0.15, 0.2) is 6.61 Å². The minimum Gasteiger partial charge on any atom is -0.484 e. The molecule has 1 saturated heterocycles. The van der Waals surface area contributed by atoms with Gasteiger partial charge in [0.05, 0.1) is 0 Å². The molecule has 1 aliphatic rings. The quantitative estimate of drug-likeness (QED) is 0.769. The molecule has 2 rings (SSSR count). The van der Waals surface area contributed by atoms with Crippen molar-refractivity contribution in [3.8, 4) is 5.75 Å². The van der Waals surface area contributed by atoms with Gasteiger partial charge in [-0.05, 0) is 45.7 Å². The molecule has 1 aliphatic heterocycles. The minimum absolute atomic E-state index is 0.000841. The minimum atomic E-state index is -0.624. The van der Waals surface area contributed by atoms with E-state index < -0.39 is 11.7 Å². The third-order valence-electron chi connectivity index (χ3n) is 4.11. The van der Waals surface area contributed by atoms with Crippen molar-refractivity contribution in [1.82, 2.24) is 15.5 Å². The molecule has 1 aromatic rings. The fraction of sp³-hybridized carbons (Fsp3) is 0.550. The molecule has 0 aliphatic carbocycles. The van der Waals surface area contributed by atoms with Crippen LogP contribution in [0, 0.1) is 0 Å². The number of para-hydroxylation sites is 1. The Morgan fingerprint density at radius 3 is 2.36 bits per heavy atom. The first-order valence-electron chi connectivity index (χ1n) is 9.45. The number of hydrogen-bond acceptors (Lipinski definition) is 5.